The second-order valence-corrected chi connectivity index (χ2v) is 18.7. The highest BCUT2D eigenvalue weighted by Crippen LogP contribution is 2.36. The van der Waals surface area contributed by atoms with Crippen LogP contribution >= 0.6 is 0 Å². The first kappa shape index (κ1) is 46.2. The number of phenols is 1. The van der Waals surface area contributed by atoms with Gasteiger partial charge in [-0.05, 0) is 68.0 Å². The Balaban J connectivity index is 1.24. The molecule has 2 fully saturated rings. The summed E-state index contributed by atoms with van der Waals surface area (Å²) in [6, 6.07) is 6.19. The number of ether oxygens (including phenoxy) is 2. The number of hydrogen-bond acceptors (Lipinski definition) is 12. The molecule has 0 saturated carbocycles. The van der Waals surface area contributed by atoms with Crippen molar-refractivity contribution < 1.29 is 38.6 Å². The lowest BCUT2D eigenvalue weighted by Gasteiger charge is -2.37. The quantitative estimate of drug-likeness (QED) is 0.210. The fraction of sp³-hybridized carbons (Fsp3) is 0.553. The summed E-state index contributed by atoms with van der Waals surface area (Å²) in [5, 5.41) is 15.6. The van der Waals surface area contributed by atoms with Crippen LogP contribution in [0, 0.1) is 17.3 Å². The molecule has 5 atom stereocenters. The van der Waals surface area contributed by atoms with E-state index in [1.165, 1.54) is 16.0 Å². The number of aromatic nitrogens is 3. The lowest BCUT2D eigenvalue weighted by molar-refractivity contribution is -0.155. The van der Waals surface area contributed by atoms with E-state index in [9.17, 15) is 29.1 Å². The van der Waals surface area contributed by atoms with Crippen molar-refractivity contribution in [3.05, 3.63) is 71.8 Å². The number of carbonyl (C=O) groups excluding carboxylic acids is 5. The number of carbonyl (C=O) groups is 5. The van der Waals surface area contributed by atoms with Crippen LogP contribution in [0.5, 0.6) is 5.75 Å². The number of likely N-dealkylation sites (N-methyl/N-ethyl adjacent to an activating group) is 1. The Morgan fingerprint density at radius 3 is 2.64 bits per heavy atom. The highest BCUT2D eigenvalue weighted by molar-refractivity contribution is 5.93. The Morgan fingerprint density at radius 2 is 1.91 bits per heavy atom. The smallest absolute Gasteiger partial charge is 0.324 e. The molecule has 2 aromatic heterocycles. The van der Waals surface area contributed by atoms with Gasteiger partial charge in [-0.15, -0.1) is 0 Å². The van der Waals surface area contributed by atoms with Crippen LogP contribution in [-0.4, -0.2) is 129 Å². The molecule has 1 unspecified atom stereocenters. The summed E-state index contributed by atoms with van der Waals surface area (Å²) in [4.78, 5) is 84.2. The average Bonchev–Trinajstić information content (AvgIpc) is 3.91. The molecule has 4 aliphatic heterocycles. The molecular weight excluding hydrogens is 819 g/mol. The third-order valence-electron chi connectivity index (χ3n) is 12.9. The van der Waals surface area contributed by atoms with Crippen LogP contribution in [0.2, 0.25) is 0 Å². The summed E-state index contributed by atoms with van der Waals surface area (Å²) >= 11 is 0. The van der Waals surface area contributed by atoms with E-state index < -0.39 is 47.2 Å². The number of nitrogens with one attached hydrogen (secondary N) is 2. The summed E-state index contributed by atoms with van der Waals surface area (Å²) in [6.07, 6.45) is 4.68. The van der Waals surface area contributed by atoms with Crippen LogP contribution in [0.25, 0.3) is 11.4 Å². The van der Waals surface area contributed by atoms with Crippen molar-refractivity contribution in [3.63, 3.8) is 0 Å². The molecule has 4 aliphatic rings. The van der Waals surface area contributed by atoms with Crippen molar-refractivity contribution in [1.29, 1.82) is 0 Å². The number of benzene rings is 1. The molecule has 344 valence electrons. The number of aromatic hydroxyl groups is 1. The number of fused-ring (bicyclic) bond motifs is 6. The fourth-order valence-electron chi connectivity index (χ4n) is 9.49. The van der Waals surface area contributed by atoms with Crippen LogP contribution in [0.1, 0.15) is 82.6 Å². The van der Waals surface area contributed by atoms with E-state index in [0.29, 0.717) is 57.4 Å². The SMILES string of the molecule is C=CC(=O)N1CC[C@H](C(=O)N(C)C(C(=O)N[C@H]2Cc3cc(O)cc(c3)N3CCc4nc(-c5cccnc5[C@H](C)OC)n(c4C3)CC(C)(C)COC(=O)[C@@H]3CCCN(N3)C2=O)C(C)C)C1. The number of nitrogens with zero attached hydrogens (tertiary/aromatic N) is 7. The number of hydrogen-bond donors (Lipinski definition) is 3. The van der Waals surface area contributed by atoms with Gasteiger partial charge < -0.3 is 39.2 Å². The molecule has 2 saturated heterocycles. The molecule has 1 aromatic carbocycles. The van der Waals surface area contributed by atoms with E-state index in [2.05, 4.69) is 26.8 Å². The molecular formula is C47H63N9O8. The molecule has 17 nitrogen and oxygen atoms in total. The van der Waals surface area contributed by atoms with Crippen molar-refractivity contribution >= 4 is 35.3 Å². The zero-order valence-electron chi connectivity index (χ0n) is 38.1. The predicted molar refractivity (Wildman–Crippen MR) is 238 cm³/mol. The summed E-state index contributed by atoms with van der Waals surface area (Å²) in [7, 11) is 3.23. The number of likely N-dealkylation sites (tertiary alicyclic amines) is 1. The van der Waals surface area contributed by atoms with E-state index in [-0.39, 0.29) is 55.7 Å². The molecule has 6 bridgehead atoms. The Kier molecular flexibility index (Phi) is 13.8. The van der Waals surface area contributed by atoms with Crippen LogP contribution in [0.4, 0.5) is 5.69 Å². The maximum Gasteiger partial charge on any atom is 0.324 e. The first-order chi connectivity index (χ1) is 30.5. The van der Waals surface area contributed by atoms with Gasteiger partial charge in [0.15, 0.2) is 0 Å². The van der Waals surface area contributed by atoms with Gasteiger partial charge in [0.1, 0.15) is 29.7 Å². The highest BCUT2D eigenvalue weighted by Gasteiger charge is 2.40. The van der Waals surface area contributed by atoms with Gasteiger partial charge in [0.25, 0.3) is 5.91 Å². The van der Waals surface area contributed by atoms with Gasteiger partial charge in [0.2, 0.25) is 17.7 Å². The van der Waals surface area contributed by atoms with Crippen molar-refractivity contribution in [2.24, 2.45) is 17.3 Å². The number of pyridine rings is 1. The van der Waals surface area contributed by atoms with E-state index in [4.69, 9.17) is 19.4 Å². The van der Waals surface area contributed by atoms with Crippen LogP contribution < -0.4 is 15.6 Å². The number of methoxy groups -OCH3 is 1. The summed E-state index contributed by atoms with van der Waals surface area (Å²) < 4.78 is 14.0. The minimum Gasteiger partial charge on any atom is -0.508 e. The fourth-order valence-corrected chi connectivity index (χ4v) is 9.49. The summed E-state index contributed by atoms with van der Waals surface area (Å²) in [5.74, 6) is -2.10. The number of esters is 1. The maximum absolute atomic E-state index is 14.7. The Bertz CT molecular complexity index is 2270. The van der Waals surface area contributed by atoms with Crippen LogP contribution in [0.3, 0.4) is 0 Å². The van der Waals surface area contributed by atoms with Gasteiger partial charge in [-0.3, -0.25) is 34.0 Å². The first-order valence-corrected chi connectivity index (χ1v) is 22.3. The van der Waals surface area contributed by atoms with Crippen molar-refractivity contribution in [3.8, 4) is 17.1 Å². The monoisotopic (exact) mass is 881 g/mol. The average molecular weight is 882 g/mol. The maximum atomic E-state index is 14.7. The number of rotatable bonds is 9. The number of cyclic esters (lactones) is 1. The zero-order chi connectivity index (χ0) is 46.0. The number of hydrazine groups is 1. The van der Waals surface area contributed by atoms with Gasteiger partial charge in [-0.2, -0.15) is 0 Å². The largest absolute Gasteiger partial charge is 0.508 e. The van der Waals surface area contributed by atoms with Gasteiger partial charge in [-0.1, -0.05) is 34.3 Å². The molecule has 0 aliphatic carbocycles. The summed E-state index contributed by atoms with van der Waals surface area (Å²) in [5.41, 5.74) is 7.39. The second-order valence-electron chi connectivity index (χ2n) is 18.7. The molecule has 3 aromatic rings. The second kappa shape index (κ2) is 19.1. The Morgan fingerprint density at radius 1 is 1.12 bits per heavy atom. The van der Waals surface area contributed by atoms with Crippen LogP contribution in [-0.2, 0) is 59.4 Å². The van der Waals surface area contributed by atoms with E-state index in [1.54, 1.807) is 37.4 Å². The van der Waals surface area contributed by atoms with Gasteiger partial charge in [0, 0.05) is 88.7 Å². The van der Waals surface area contributed by atoms with Gasteiger partial charge >= 0.3 is 5.97 Å². The van der Waals surface area contributed by atoms with Crippen molar-refractivity contribution in [2.75, 3.05) is 51.8 Å². The molecule has 6 heterocycles. The molecule has 3 N–H and O–H groups in total. The number of imidazole rings is 1. The molecule has 4 amide bonds. The minimum atomic E-state index is -1.15. The van der Waals surface area contributed by atoms with Gasteiger partial charge in [-0.25, -0.2) is 10.4 Å². The molecule has 17 heteroatoms. The van der Waals surface area contributed by atoms with E-state index in [0.717, 1.165) is 34.2 Å². The summed E-state index contributed by atoms with van der Waals surface area (Å²) in [6.45, 7) is 15.8. The van der Waals surface area contributed by atoms with Crippen molar-refractivity contribution in [2.45, 2.75) is 104 Å². The lowest BCUT2D eigenvalue weighted by Crippen LogP contribution is -2.62. The number of amides is 4. The number of phenolic OH excluding ortho intramolecular Hbond substituents is 1. The predicted octanol–water partition coefficient (Wildman–Crippen LogP) is 3.54. The topological polar surface area (TPSA) is 192 Å². The van der Waals surface area contributed by atoms with E-state index >= 15 is 0 Å². The number of anilines is 1. The first-order valence-electron chi connectivity index (χ1n) is 22.3. The minimum absolute atomic E-state index is 0.000178. The van der Waals surface area contributed by atoms with E-state index in [1.807, 2.05) is 52.8 Å². The van der Waals surface area contributed by atoms with Crippen molar-refractivity contribution in [1.82, 2.24) is 40.1 Å². The molecule has 0 spiro atoms. The molecule has 64 heavy (non-hydrogen) atoms. The van der Waals surface area contributed by atoms with Gasteiger partial charge in [0.05, 0.1) is 42.3 Å². The zero-order valence-corrected chi connectivity index (χ0v) is 38.1. The van der Waals surface area contributed by atoms with Crippen LogP contribution in [0.15, 0.2) is 49.2 Å². The normalized spacial score (nSPS) is 22.2. The highest BCUT2D eigenvalue weighted by atomic mass is 16.5. The Hall–Kier alpha value is -5.81. The third kappa shape index (κ3) is 9.79. The molecule has 7 rings (SSSR count). The lowest BCUT2D eigenvalue weighted by atomic mass is 9.94. The Labute approximate surface area is 375 Å². The molecule has 0 radical (unpaired) electrons. The third-order valence-corrected chi connectivity index (χ3v) is 12.9. The standard InChI is InChI=1S/C47H63N9O8/c1-9-39(58)54-18-14-31(24-54)44(60)52(7)41(28(2)3)43(59)50-37-22-30-20-32(23-33(57)21-30)53-19-15-35-38(25-53)55(42(49-35)34-12-10-16-48-40(34)29(4)63-8)26-47(5,6)27-64-46(62)36-13-11-17-56(51-36)45(37)61/h9-10,12,16,20-21,23,28-29,31,36-37,41,51,57H,1,11,13-15,17-19,22,24-27H2,2-8H3,(H,50,59)/t29-,31-,36-,37-,41?/m0/s1.